The number of aryl methyl sites for hydroxylation is 1. The number of sulfonamides is 1. The van der Waals surface area contributed by atoms with Crippen molar-refractivity contribution in [3.05, 3.63) is 94.6 Å². The molecule has 182 valence electrons. The van der Waals surface area contributed by atoms with Crippen LogP contribution in [0.3, 0.4) is 0 Å². The molecule has 0 aliphatic rings. The molecule has 9 heteroatoms. The number of carbonyl (C=O) groups is 1. The summed E-state index contributed by atoms with van der Waals surface area (Å²) in [5.41, 5.74) is 3.88. The lowest BCUT2D eigenvalue weighted by molar-refractivity contribution is 0.0928. The Morgan fingerprint density at radius 2 is 1.80 bits per heavy atom. The number of benzene rings is 3. The predicted octanol–water partition coefficient (Wildman–Crippen LogP) is 4.83. The minimum Gasteiger partial charge on any atom is -0.383 e. The molecule has 0 saturated heterocycles. The fourth-order valence-electron chi connectivity index (χ4n) is 3.87. The van der Waals surface area contributed by atoms with E-state index in [2.05, 4.69) is 16.1 Å². The Balaban J connectivity index is 1.70. The Labute approximate surface area is 209 Å². The van der Waals surface area contributed by atoms with E-state index in [1.807, 2.05) is 35.8 Å². The molecule has 4 rings (SSSR count). The van der Waals surface area contributed by atoms with Crippen LogP contribution in [0, 0.1) is 6.92 Å². The standard InChI is InChI=1S/C26H26ClN3O4S/c1-18-4-3-5-19(14-18)17-30-24-11-8-22(29-35(32,33)23-9-6-21(27)7-10-23)15-20(24)16-25(30)26(31)28-12-13-34-2/h3-11,14-16,29H,12-13,17H2,1-2H3,(H,28,31). The van der Waals surface area contributed by atoms with Crippen molar-refractivity contribution in [3.8, 4) is 0 Å². The zero-order valence-corrected chi connectivity index (χ0v) is 21.0. The molecule has 4 aromatic rings. The largest absolute Gasteiger partial charge is 0.383 e. The first-order valence-electron chi connectivity index (χ1n) is 11.0. The van der Waals surface area contributed by atoms with E-state index in [4.69, 9.17) is 16.3 Å². The van der Waals surface area contributed by atoms with Crippen molar-refractivity contribution in [3.63, 3.8) is 0 Å². The number of rotatable bonds is 9. The minimum absolute atomic E-state index is 0.109. The summed E-state index contributed by atoms with van der Waals surface area (Å²) in [5, 5.41) is 4.07. The quantitative estimate of drug-likeness (QED) is 0.315. The van der Waals surface area contributed by atoms with Crippen molar-refractivity contribution in [1.29, 1.82) is 0 Å². The summed E-state index contributed by atoms with van der Waals surface area (Å²) < 4.78 is 35.2. The fourth-order valence-corrected chi connectivity index (χ4v) is 5.05. The van der Waals surface area contributed by atoms with Crippen LogP contribution in [-0.4, -0.2) is 39.2 Å². The first-order chi connectivity index (χ1) is 16.8. The monoisotopic (exact) mass is 511 g/mol. The second-order valence-electron chi connectivity index (χ2n) is 8.19. The number of amides is 1. The van der Waals surface area contributed by atoms with Gasteiger partial charge in [0.25, 0.3) is 15.9 Å². The second-order valence-corrected chi connectivity index (χ2v) is 10.3. The molecule has 0 atom stereocenters. The highest BCUT2D eigenvalue weighted by molar-refractivity contribution is 7.92. The molecule has 0 fully saturated rings. The van der Waals surface area contributed by atoms with Gasteiger partial charge in [0, 0.05) is 41.8 Å². The number of hydrogen-bond acceptors (Lipinski definition) is 4. The van der Waals surface area contributed by atoms with Gasteiger partial charge < -0.3 is 14.6 Å². The number of aromatic nitrogens is 1. The normalized spacial score (nSPS) is 11.5. The van der Waals surface area contributed by atoms with Gasteiger partial charge in [-0.25, -0.2) is 8.42 Å². The molecule has 0 spiro atoms. The first-order valence-corrected chi connectivity index (χ1v) is 12.9. The zero-order chi connectivity index (χ0) is 25.0. The number of nitrogens with zero attached hydrogens (tertiary/aromatic N) is 1. The van der Waals surface area contributed by atoms with Crippen LogP contribution in [0.15, 0.2) is 77.7 Å². The van der Waals surface area contributed by atoms with Gasteiger partial charge in [-0.15, -0.1) is 0 Å². The van der Waals surface area contributed by atoms with Gasteiger partial charge in [-0.05, 0) is 61.0 Å². The number of halogens is 1. The maximum absolute atomic E-state index is 13.0. The maximum atomic E-state index is 13.0. The van der Waals surface area contributed by atoms with Gasteiger partial charge in [0.1, 0.15) is 5.69 Å². The molecule has 0 aliphatic heterocycles. The molecule has 1 heterocycles. The summed E-state index contributed by atoms with van der Waals surface area (Å²) in [6.07, 6.45) is 0. The van der Waals surface area contributed by atoms with Crippen LogP contribution >= 0.6 is 11.6 Å². The SMILES string of the molecule is COCCNC(=O)c1cc2cc(NS(=O)(=O)c3ccc(Cl)cc3)ccc2n1Cc1cccc(C)c1. The van der Waals surface area contributed by atoms with E-state index < -0.39 is 10.0 Å². The molecular weight excluding hydrogens is 486 g/mol. The van der Waals surface area contributed by atoms with Crippen molar-refractivity contribution < 1.29 is 17.9 Å². The molecule has 1 amide bonds. The van der Waals surface area contributed by atoms with E-state index in [1.165, 1.54) is 24.3 Å². The van der Waals surface area contributed by atoms with Crippen molar-refractivity contribution in [2.24, 2.45) is 0 Å². The third-order valence-electron chi connectivity index (χ3n) is 5.53. The average molecular weight is 512 g/mol. The van der Waals surface area contributed by atoms with Gasteiger partial charge >= 0.3 is 0 Å². The molecule has 1 aromatic heterocycles. The van der Waals surface area contributed by atoms with Gasteiger partial charge in [0.2, 0.25) is 0 Å². The third-order valence-corrected chi connectivity index (χ3v) is 7.17. The summed E-state index contributed by atoms with van der Waals surface area (Å²) in [4.78, 5) is 13.1. The predicted molar refractivity (Wildman–Crippen MR) is 139 cm³/mol. The number of ether oxygens (including phenoxy) is 1. The molecule has 0 saturated carbocycles. The third kappa shape index (κ3) is 5.85. The summed E-state index contributed by atoms with van der Waals surface area (Å²) in [6.45, 7) is 3.30. The van der Waals surface area contributed by atoms with E-state index in [-0.39, 0.29) is 10.8 Å². The Bertz CT molecular complexity index is 1460. The highest BCUT2D eigenvalue weighted by Gasteiger charge is 2.18. The Kier molecular flexibility index (Phi) is 7.45. The summed E-state index contributed by atoms with van der Waals surface area (Å²) in [7, 11) is -2.22. The lowest BCUT2D eigenvalue weighted by atomic mass is 10.1. The summed E-state index contributed by atoms with van der Waals surface area (Å²) >= 11 is 5.88. The first kappa shape index (κ1) is 24.8. The molecule has 7 nitrogen and oxygen atoms in total. The molecule has 3 aromatic carbocycles. The Hall–Kier alpha value is -3.33. The number of hydrogen-bond donors (Lipinski definition) is 2. The van der Waals surface area contributed by atoms with Gasteiger partial charge in [-0.1, -0.05) is 41.4 Å². The van der Waals surface area contributed by atoms with Crippen LogP contribution in [0.5, 0.6) is 0 Å². The highest BCUT2D eigenvalue weighted by Crippen LogP contribution is 2.27. The molecule has 0 radical (unpaired) electrons. The molecule has 35 heavy (non-hydrogen) atoms. The Morgan fingerprint density at radius 3 is 2.51 bits per heavy atom. The number of anilines is 1. The smallest absolute Gasteiger partial charge is 0.268 e. The second kappa shape index (κ2) is 10.5. The van der Waals surface area contributed by atoms with Crippen molar-refractivity contribution in [2.75, 3.05) is 25.0 Å². The van der Waals surface area contributed by atoms with Crippen LogP contribution in [0.2, 0.25) is 5.02 Å². The van der Waals surface area contributed by atoms with Gasteiger partial charge in [0.05, 0.1) is 11.5 Å². The summed E-state index contributed by atoms with van der Waals surface area (Å²) in [6, 6.07) is 21.0. The molecule has 0 aliphatic carbocycles. The van der Waals surface area contributed by atoms with E-state index in [9.17, 15) is 13.2 Å². The average Bonchev–Trinajstić information content (AvgIpc) is 3.17. The van der Waals surface area contributed by atoms with Gasteiger partial charge in [0.15, 0.2) is 0 Å². The molecule has 0 bridgehead atoms. The number of nitrogens with one attached hydrogen (secondary N) is 2. The van der Waals surface area contributed by atoms with Crippen LogP contribution < -0.4 is 10.0 Å². The van der Waals surface area contributed by atoms with E-state index in [1.54, 1.807) is 25.3 Å². The van der Waals surface area contributed by atoms with Gasteiger partial charge in [-0.2, -0.15) is 0 Å². The lowest BCUT2D eigenvalue weighted by Gasteiger charge is -2.12. The zero-order valence-electron chi connectivity index (χ0n) is 19.4. The minimum atomic E-state index is -3.80. The lowest BCUT2D eigenvalue weighted by Crippen LogP contribution is -2.29. The van der Waals surface area contributed by atoms with E-state index in [0.29, 0.717) is 36.1 Å². The van der Waals surface area contributed by atoms with E-state index in [0.717, 1.165) is 22.0 Å². The Morgan fingerprint density at radius 1 is 1.03 bits per heavy atom. The molecule has 0 unspecified atom stereocenters. The van der Waals surface area contributed by atoms with Crippen molar-refractivity contribution in [1.82, 2.24) is 9.88 Å². The van der Waals surface area contributed by atoms with Crippen LogP contribution in [0.1, 0.15) is 21.6 Å². The van der Waals surface area contributed by atoms with Gasteiger partial charge in [-0.3, -0.25) is 9.52 Å². The number of fused-ring (bicyclic) bond motifs is 1. The van der Waals surface area contributed by atoms with Crippen LogP contribution in [0.25, 0.3) is 10.9 Å². The summed E-state index contributed by atoms with van der Waals surface area (Å²) in [5.74, 6) is -0.228. The van der Waals surface area contributed by atoms with Crippen molar-refractivity contribution in [2.45, 2.75) is 18.4 Å². The maximum Gasteiger partial charge on any atom is 0.268 e. The topological polar surface area (TPSA) is 89.4 Å². The molecule has 2 N–H and O–H groups in total. The fraction of sp³-hybridized carbons (Fsp3) is 0.192. The molecular formula is C26H26ClN3O4S. The van der Waals surface area contributed by atoms with Crippen molar-refractivity contribution >= 4 is 44.1 Å². The van der Waals surface area contributed by atoms with Crippen LogP contribution in [-0.2, 0) is 21.3 Å². The van der Waals surface area contributed by atoms with Crippen LogP contribution in [0.4, 0.5) is 5.69 Å². The number of methoxy groups -OCH3 is 1. The van der Waals surface area contributed by atoms with E-state index >= 15 is 0 Å². The number of carbonyl (C=O) groups excluding carboxylic acids is 1. The highest BCUT2D eigenvalue weighted by atomic mass is 35.5.